The maximum absolute atomic E-state index is 12.9. The molecule has 0 saturated heterocycles. The van der Waals surface area contributed by atoms with E-state index in [1.54, 1.807) is 4.90 Å². The number of rotatable bonds is 5. The number of benzene rings is 2. The quantitative estimate of drug-likeness (QED) is 0.694. The van der Waals surface area contributed by atoms with Crippen LogP contribution in [0.5, 0.6) is 0 Å². The van der Waals surface area contributed by atoms with Crippen molar-refractivity contribution < 1.29 is 9.59 Å². The molecule has 1 heterocycles. The number of nitrogens with one attached hydrogen (secondary N) is 1. The first kappa shape index (κ1) is 17.9. The average molecular weight is 448 g/mol. The van der Waals surface area contributed by atoms with Gasteiger partial charge >= 0.3 is 0 Å². The maximum atomic E-state index is 12.9. The molecule has 0 bridgehead atoms. The summed E-state index contributed by atoms with van der Waals surface area (Å²) < 4.78 is 1.11. The zero-order valence-corrected chi connectivity index (χ0v) is 16.5. The Hall–Kier alpha value is -1.89. The van der Waals surface area contributed by atoms with E-state index >= 15 is 0 Å². The minimum absolute atomic E-state index is 0.0565. The molecule has 3 rings (SSSR count). The van der Waals surface area contributed by atoms with Crippen LogP contribution in [0.1, 0.15) is 36.2 Å². The normalized spacial score (nSPS) is 14.6. The number of amides is 2. The highest BCUT2D eigenvalue weighted by Gasteiger charge is 2.36. The highest BCUT2D eigenvalue weighted by atomic mass is 127. The van der Waals surface area contributed by atoms with E-state index in [4.69, 9.17) is 0 Å². The number of hydrogen-bond donors (Lipinski definition) is 1. The topological polar surface area (TPSA) is 49.4 Å². The molecule has 130 valence electrons. The van der Waals surface area contributed by atoms with Crippen molar-refractivity contribution >= 4 is 40.1 Å². The van der Waals surface area contributed by atoms with Crippen LogP contribution < -0.4 is 5.32 Å². The van der Waals surface area contributed by atoms with Gasteiger partial charge in [0.15, 0.2) is 0 Å². The van der Waals surface area contributed by atoms with E-state index in [9.17, 15) is 9.59 Å². The van der Waals surface area contributed by atoms with Gasteiger partial charge in [-0.3, -0.25) is 9.59 Å². The molecular formula is C20H21IN2O2. The monoisotopic (exact) mass is 448 g/mol. The van der Waals surface area contributed by atoms with Gasteiger partial charge in [-0.25, -0.2) is 0 Å². The molecule has 0 radical (unpaired) electrons. The molecule has 1 aliphatic heterocycles. The van der Waals surface area contributed by atoms with Crippen LogP contribution in [0, 0.1) is 9.49 Å². The number of halogens is 1. The van der Waals surface area contributed by atoms with Gasteiger partial charge in [0.2, 0.25) is 5.91 Å². The summed E-state index contributed by atoms with van der Waals surface area (Å²) in [4.78, 5) is 27.4. The number of carbonyl (C=O) groups excluding carboxylic acids is 2. The molecule has 2 aromatic rings. The molecule has 2 amide bonds. The second-order valence-corrected chi connectivity index (χ2v) is 7.98. The van der Waals surface area contributed by atoms with Crippen LogP contribution in [0.2, 0.25) is 0 Å². The Morgan fingerprint density at radius 1 is 1.16 bits per heavy atom. The Bertz CT molecular complexity index is 787. The number of nitrogens with zero attached hydrogens (tertiary/aromatic N) is 1. The Balaban J connectivity index is 1.81. The maximum Gasteiger partial charge on any atom is 0.255 e. The van der Waals surface area contributed by atoms with Crippen LogP contribution >= 0.6 is 22.6 Å². The van der Waals surface area contributed by atoms with E-state index in [1.807, 2.05) is 48.5 Å². The lowest BCUT2D eigenvalue weighted by Gasteiger charge is -2.28. The van der Waals surface area contributed by atoms with Crippen LogP contribution in [-0.4, -0.2) is 22.8 Å². The largest absolute Gasteiger partial charge is 0.324 e. The molecule has 4 nitrogen and oxygen atoms in total. The molecule has 5 heteroatoms. The standard InChI is InChI=1S/C20H21IN2O2/c1-13(2)11-18(19(24)22-16-9-7-15(21)8-10-16)23-12-14-5-3-4-6-17(14)20(23)25/h3-10,13,18H,11-12H2,1-2H3,(H,22,24). The first-order valence-corrected chi connectivity index (χ1v) is 9.49. The summed E-state index contributed by atoms with van der Waals surface area (Å²) in [5.74, 6) is 0.124. The van der Waals surface area contributed by atoms with E-state index in [1.165, 1.54) is 0 Å². The first-order valence-electron chi connectivity index (χ1n) is 8.41. The highest BCUT2D eigenvalue weighted by Crippen LogP contribution is 2.27. The van der Waals surface area contributed by atoms with Crippen molar-refractivity contribution in [1.29, 1.82) is 0 Å². The van der Waals surface area contributed by atoms with Crippen molar-refractivity contribution in [3.8, 4) is 0 Å². The molecule has 1 N–H and O–H groups in total. The summed E-state index contributed by atoms with van der Waals surface area (Å²) in [7, 11) is 0. The van der Waals surface area contributed by atoms with Gasteiger partial charge in [0.25, 0.3) is 5.91 Å². The van der Waals surface area contributed by atoms with Crippen molar-refractivity contribution in [2.24, 2.45) is 5.92 Å². The summed E-state index contributed by atoms with van der Waals surface area (Å²) in [6.45, 7) is 4.63. The molecule has 25 heavy (non-hydrogen) atoms. The lowest BCUT2D eigenvalue weighted by Crippen LogP contribution is -2.45. The van der Waals surface area contributed by atoms with E-state index in [0.29, 0.717) is 24.4 Å². The zero-order chi connectivity index (χ0) is 18.0. The number of hydrogen-bond acceptors (Lipinski definition) is 2. The van der Waals surface area contributed by atoms with Gasteiger partial charge in [0.1, 0.15) is 6.04 Å². The lowest BCUT2D eigenvalue weighted by molar-refractivity contribution is -0.121. The Kier molecular flexibility index (Phi) is 5.42. The van der Waals surface area contributed by atoms with Crippen LogP contribution in [0.3, 0.4) is 0 Å². The number of fused-ring (bicyclic) bond motifs is 1. The number of anilines is 1. The van der Waals surface area contributed by atoms with Crippen LogP contribution in [0.4, 0.5) is 5.69 Å². The van der Waals surface area contributed by atoms with Crippen LogP contribution in [0.15, 0.2) is 48.5 Å². The smallest absolute Gasteiger partial charge is 0.255 e. The van der Waals surface area contributed by atoms with Gasteiger partial charge < -0.3 is 10.2 Å². The van der Waals surface area contributed by atoms with E-state index < -0.39 is 6.04 Å². The minimum atomic E-state index is -0.473. The van der Waals surface area contributed by atoms with E-state index in [0.717, 1.165) is 14.8 Å². The Labute approximate surface area is 161 Å². The second-order valence-electron chi connectivity index (χ2n) is 6.73. The van der Waals surface area contributed by atoms with Crippen molar-refractivity contribution in [2.75, 3.05) is 5.32 Å². The molecule has 0 spiro atoms. The SMILES string of the molecule is CC(C)CC(C(=O)Nc1ccc(I)cc1)N1Cc2ccccc2C1=O. The molecule has 1 atom stereocenters. The van der Waals surface area contributed by atoms with Gasteiger partial charge in [-0.2, -0.15) is 0 Å². The third-order valence-electron chi connectivity index (χ3n) is 4.33. The van der Waals surface area contributed by atoms with Crippen molar-refractivity contribution in [2.45, 2.75) is 32.9 Å². The van der Waals surface area contributed by atoms with Crippen LogP contribution in [0.25, 0.3) is 0 Å². The number of carbonyl (C=O) groups is 2. The van der Waals surface area contributed by atoms with E-state index in [-0.39, 0.29) is 11.8 Å². The fourth-order valence-corrected chi connectivity index (χ4v) is 3.47. The second kappa shape index (κ2) is 7.56. The summed E-state index contributed by atoms with van der Waals surface area (Å²) >= 11 is 2.23. The summed E-state index contributed by atoms with van der Waals surface area (Å²) in [6.07, 6.45) is 0.635. The van der Waals surface area contributed by atoms with Crippen molar-refractivity contribution in [1.82, 2.24) is 4.90 Å². The molecule has 0 aromatic heterocycles. The Morgan fingerprint density at radius 3 is 2.48 bits per heavy atom. The van der Waals surface area contributed by atoms with E-state index in [2.05, 4.69) is 41.8 Å². The van der Waals surface area contributed by atoms with Crippen LogP contribution in [-0.2, 0) is 11.3 Å². The third kappa shape index (κ3) is 4.03. The minimum Gasteiger partial charge on any atom is -0.324 e. The lowest BCUT2D eigenvalue weighted by atomic mass is 10.0. The van der Waals surface area contributed by atoms with Gasteiger partial charge in [-0.05, 0) is 70.8 Å². The molecule has 1 aliphatic rings. The predicted octanol–water partition coefficient (Wildman–Crippen LogP) is 4.30. The average Bonchev–Trinajstić information content (AvgIpc) is 2.91. The molecule has 0 saturated carbocycles. The van der Waals surface area contributed by atoms with Crippen molar-refractivity contribution in [3.05, 3.63) is 63.2 Å². The molecule has 0 fully saturated rings. The zero-order valence-electron chi connectivity index (χ0n) is 14.3. The van der Waals surface area contributed by atoms with Gasteiger partial charge in [0.05, 0.1) is 0 Å². The third-order valence-corrected chi connectivity index (χ3v) is 5.05. The highest BCUT2D eigenvalue weighted by molar-refractivity contribution is 14.1. The molecule has 1 unspecified atom stereocenters. The fourth-order valence-electron chi connectivity index (χ4n) is 3.11. The fraction of sp³-hybridized carbons (Fsp3) is 0.300. The molecular weight excluding hydrogens is 427 g/mol. The summed E-state index contributed by atoms with van der Waals surface area (Å²) in [5.41, 5.74) is 2.45. The van der Waals surface area contributed by atoms with Crippen molar-refractivity contribution in [3.63, 3.8) is 0 Å². The molecule has 2 aromatic carbocycles. The first-order chi connectivity index (χ1) is 12.0. The van der Waals surface area contributed by atoms with Gasteiger partial charge in [0, 0.05) is 21.4 Å². The van der Waals surface area contributed by atoms with Gasteiger partial charge in [-0.1, -0.05) is 32.0 Å². The summed E-state index contributed by atoms with van der Waals surface area (Å²) in [6, 6.07) is 14.8. The molecule has 0 aliphatic carbocycles. The Morgan fingerprint density at radius 2 is 1.84 bits per heavy atom. The predicted molar refractivity (Wildman–Crippen MR) is 107 cm³/mol. The van der Waals surface area contributed by atoms with Gasteiger partial charge in [-0.15, -0.1) is 0 Å². The summed E-state index contributed by atoms with van der Waals surface area (Å²) in [5, 5.41) is 2.96.